The van der Waals surface area contributed by atoms with Crippen LogP contribution in [0.1, 0.15) is 6.92 Å². The van der Waals surface area contributed by atoms with E-state index >= 15 is 0 Å². The summed E-state index contributed by atoms with van der Waals surface area (Å²) in [6.45, 7) is 0.956. The Bertz CT molecular complexity index is 268. The number of hydrogen-bond acceptors (Lipinski definition) is 8. The maximum Gasteiger partial charge on any atom is 0.279 e. The molecular formula is C9H18O8. The van der Waals surface area contributed by atoms with Crippen molar-refractivity contribution in [3.05, 3.63) is 0 Å². The summed E-state index contributed by atoms with van der Waals surface area (Å²) in [7, 11) is 2.85. The maximum atomic E-state index is 10.5. The smallest absolute Gasteiger partial charge is 0.279 e. The molecule has 0 bridgehead atoms. The van der Waals surface area contributed by atoms with Crippen molar-refractivity contribution < 1.29 is 39.4 Å². The first-order valence-electron chi connectivity index (χ1n) is 4.62. The molecular weight excluding hydrogens is 236 g/mol. The Hall–Kier alpha value is -0.610. The number of rotatable bonds is 7. The van der Waals surface area contributed by atoms with Gasteiger partial charge in [-0.25, -0.2) is 0 Å². The fourth-order valence-electron chi connectivity index (χ4n) is 1.36. The summed E-state index contributed by atoms with van der Waals surface area (Å²) in [4.78, 5) is 10.5. The molecule has 0 fully saturated rings. The van der Waals surface area contributed by atoms with Crippen molar-refractivity contribution in [3.63, 3.8) is 0 Å². The number of aldehydes is 1. The van der Waals surface area contributed by atoms with Gasteiger partial charge < -0.3 is 39.4 Å². The predicted octanol–water partition coefficient (Wildman–Crippen LogP) is -2.43. The largest absolute Gasteiger partial charge is 0.380 e. The van der Waals surface area contributed by atoms with E-state index in [0.29, 0.717) is 0 Å². The van der Waals surface area contributed by atoms with Crippen LogP contribution in [-0.4, -0.2) is 71.5 Å². The van der Waals surface area contributed by atoms with Gasteiger partial charge in [0.2, 0.25) is 5.79 Å². The Morgan fingerprint density at radius 3 is 1.76 bits per heavy atom. The Balaban J connectivity index is 5.68. The first-order valence-corrected chi connectivity index (χ1v) is 4.62. The minimum Gasteiger partial charge on any atom is -0.380 e. The minimum absolute atomic E-state index is 0.0841. The lowest BCUT2D eigenvalue weighted by Crippen LogP contribution is -2.73. The van der Waals surface area contributed by atoms with Crippen LogP contribution in [0, 0.1) is 0 Å². The molecule has 0 aliphatic rings. The molecule has 4 atom stereocenters. The average molecular weight is 254 g/mol. The number of aliphatic hydroxyl groups is 4. The molecule has 0 spiro atoms. The minimum atomic E-state index is -2.91. The molecule has 8 heteroatoms. The van der Waals surface area contributed by atoms with Crippen LogP contribution in [0.4, 0.5) is 0 Å². The number of carbonyl (C=O) groups is 1. The lowest BCUT2D eigenvalue weighted by atomic mass is 9.92. The second-order valence-electron chi connectivity index (χ2n) is 3.52. The van der Waals surface area contributed by atoms with Gasteiger partial charge in [0.05, 0.1) is 0 Å². The van der Waals surface area contributed by atoms with Crippen LogP contribution in [-0.2, 0) is 19.0 Å². The van der Waals surface area contributed by atoms with Crippen molar-refractivity contribution in [2.45, 2.75) is 30.4 Å². The van der Waals surface area contributed by atoms with Crippen LogP contribution in [0.3, 0.4) is 0 Å². The molecule has 0 aromatic heterocycles. The molecule has 0 saturated heterocycles. The molecule has 4 N–H and O–H groups in total. The third kappa shape index (κ3) is 2.33. The molecule has 0 radical (unpaired) electrons. The summed E-state index contributed by atoms with van der Waals surface area (Å²) < 4.78 is 13.6. The number of methoxy groups -OCH3 is 3. The van der Waals surface area contributed by atoms with Crippen LogP contribution < -0.4 is 0 Å². The SMILES string of the molecule is CO[C@](O)([C@](C)(O)OC)[C@](O)(OC)[C@@H](O)C=O. The molecule has 0 amide bonds. The highest BCUT2D eigenvalue weighted by Gasteiger charge is 2.66. The average Bonchev–Trinajstić information content (AvgIpc) is 2.34. The first kappa shape index (κ1) is 16.4. The number of carbonyl (C=O) groups excluding carboxylic acids is 1. The Kier molecular flexibility index (Phi) is 5.16. The van der Waals surface area contributed by atoms with Crippen LogP contribution in [0.5, 0.6) is 0 Å². The second kappa shape index (κ2) is 5.36. The standard InChI is InChI=1S/C9H18O8/c1-7(12,15-2)9(14,17-4)8(13,16-3)6(11)5-10/h5-6,11-14H,1-4H3/t6-,7+,8+,9+/m0/s1. The Morgan fingerprint density at radius 1 is 1.06 bits per heavy atom. The zero-order valence-electron chi connectivity index (χ0n) is 10.1. The molecule has 0 saturated carbocycles. The van der Waals surface area contributed by atoms with E-state index in [4.69, 9.17) is 0 Å². The fourth-order valence-corrected chi connectivity index (χ4v) is 1.36. The van der Waals surface area contributed by atoms with Crippen molar-refractivity contribution in [1.82, 2.24) is 0 Å². The number of aliphatic hydroxyl groups excluding tert-OH is 1. The molecule has 0 rings (SSSR count). The Morgan fingerprint density at radius 2 is 1.53 bits per heavy atom. The molecule has 0 unspecified atom stereocenters. The lowest BCUT2D eigenvalue weighted by Gasteiger charge is -2.47. The van der Waals surface area contributed by atoms with E-state index in [1.165, 1.54) is 0 Å². The molecule has 0 aliphatic carbocycles. The predicted molar refractivity (Wildman–Crippen MR) is 53.6 cm³/mol. The summed E-state index contributed by atoms with van der Waals surface area (Å²) in [6.07, 6.45) is -2.25. The van der Waals surface area contributed by atoms with E-state index < -0.39 is 23.5 Å². The monoisotopic (exact) mass is 254 g/mol. The molecule has 17 heavy (non-hydrogen) atoms. The van der Waals surface area contributed by atoms with Crippen molar-refractivity contribution >= 4 is 6.29 Å². The van der Waals surface area contributed by atoms with Crippen LogP contribution in [0.15, 0.2) is 0 Å². The van der Waals surface area contributed by atoms with Gasteiger partial charge in [0.1, 0.15) is 0 Å². The first-order chi connectivity index (χ1) is 7.66. The molecule has 0 aliphatic heterocycles. The van der Waals surface area contributed by atoms with Gasteiger partial charge in [-0.1, -0.05) is 0 Å². The highest BCUT2D eigenvalue weighted by molar-refractivity contribution is 5.58. The van der Waals surface area contributed by atoms with E-state index in [1.807, 2.05) is 0 Å². The third-order valence-corrected chi connectivity index (χ3v) is 2.65. The highest BCUT2D eigenvalue weighted by atomic mass is 16.8. The summed E-state index contributed by atoms with van der Waals surface area (Å²) in [5.74, 6) is -8.26. The van der Waals surface area contributed by atoms with E-state index in [2.05, 4.69) is 14.2 Å². The zero-order chi connectivity index (χ0) is 13.9. The van der Waals surface area contributed by atoms with Crippen LogP contribution >= 0.6 is 0 Å². The highest BCUT2D eigenvalue weighted by Crippen LogP contribution is 2.37. The number of ether oxygens (including phenoxy) is 3. The van der Waals surface area contributed by atoms with Gasteiger partial charge in [0.15, 0.2) is 12.4 Å². The van der Waals surface area contributed by atoms with E-state index in [-0.39, 0.29) is 6.29 Å². The summed E-state index contributed by atoms with van der Waals surface area (Å²) in [5.41, 5.74) is 0. The van der Waals surface area contributed by atoms with Gasteiger partial charge >= 0.3 is 0 Å². The van der Waals surface area contributed by atoms with E-state index in [9.17, 15) is 25.2 Å². The van der Waals surface area contributed by atoms with Crippen molar-refractivity contribution in [3.8, 4) is 0 Å². The zero-order valence-corrected chi connectivity index (χ0v) is 10.1. The fraction of sp³-hybridized carbons (Fsp3) is 0.889. The van der Waals surface area contributed by atoms with Gasteiger partial charge in [-0.2, -0.15) is 0 Å². The summed E-state index contributed by atoms with van der Waals surface area (Å²) >= 11 is 0. The lowest BCUT2D eigenvalue weighted by molar-refractivity contribution is -0.470. The number of hydrogen-bond donors (Lipinski definition) is 4. The summed E-state index contributed by atoms with van der Waals surface area (Å²) in [6, 6.07) is 0. The molecule has 8 nitrogen and oxygen atoms in total. The quantitative estimate of drug-likeness (QED) is 0.292. The maximum absolute atomic E-state index is 10.5. The van der Waals surface area contributed by atoms with Crippen molar-refractivity contribution in [1.29, 1.82) is 0 Å². The van der Waals surface area contributed by atoms with Gasteiger partial charge in [0.25, 0.3) is 11.6 Å². The molecule has 0 aromatic rings. The Labute approximate surface area is 98.3 Å². The van der Waals surface area contributed by atoms with Crippen molar-refractivity contribution in [2.75, 3.05) is 21.3 Å². The molecule has 0 aromatic carbocycles. The van der Waals surface area contributed by atoms with Crippen LogP contribution in [0.2, 0.25) is 0 Å². The summed E-state index contributed by atoms with van der Waals surface area (Å²) in [5, 5.41) is 39.2. The van der Waals surface area contributed by atoms with E-state index in [1.54, 1.807) is 0 Å². The normalized spacial score (nSPS) is 24.2. The topological polar surface area (TPSA) is 126 Å². The molecule has 102 valence electrons. The van der Waals surface area contributed by atoms with Gasteiger partial charge in [0, 0.05) is 21.3 Å². The van der Waals surface area contributed by atoms with Crippen LogP contribution in [0.25, 0.3) is 0 Å². The van der Waals surface area contributed by atoms with Gasteiger partial charge in [-0.3, -0.25) is 0 Å². The second-order valence-corrected chi connectivity index (χ2v) is 3.52. The van der Waals surface area contributed by atoms with Gasteiger partial charge in [-0.05, 0) is 6.92 Å². The van der Waals surface area contributed by atoms with E-state index in [0.717, 1.165) is 28.3 Å². The third-order valence-electron chi connectivity index (χ3n) is 2.65. The van der Waals surface area contributed by atoms with Crippen molar-refractivity contribution in [2.24, 2.45) is 0 Å². The molecule has 0 heterocycles. The van der Waals surface area contributed by atoms with Gasteiger partial charge in [-0.15, -0.1) is 0 Å².